The first kappa shape index (κ1) is 19.1. The van der Waals surface area contributed by atoms with E-state index in [4.69, 9.17) is 9.47 Å². The van der Waals surface area contributed by atoms with Crippen LogP contribution in [0.15, 0.2) is 52.3 Å². The summed E-state index contributed by atoms with van der Waals surface area (Å²) in [6, 6.07) is 12.0. The molecule has 4 nitrogen and oxygen atoms in total. The van der Waals surface area contributed by atoms with E-state index < -0.39 is 0 Å². The van der Waals surface area contributed by atoms with Crippen molar-refractivity contribution in [2.45, 2.75) is 18.9 Å². The van der Waals surface area contributed by atoms with Crippen LogP contribution in [-0.2, 0) is 16.1 Å². The van der Waals surface area contributed by atoms with E-state index in [-0.39, 0.29) is 30.2 Å². The Morgan fingerprint density at radius 1 is 1.29 bits per heavy atom. The molecule has 0 spiro atoms. The highest BCUT2D eigenvalue weighted by atomic mass is 79.9. The highest BCUT2D eigenvalue weighted by Crippen LogP contribution is 2.48. The summed E-state index contributed by atoms with van der Waals surface area (Å²) in [6.07, 6.45) is 0.738. The number of halogens is 2. The first-order valence-corrected chi connectivity index (χ1v) is 10.4. The number of hydrogen-bond acceptors (Lipinski definition) is 5. The van der Waals surface area contributed by atoms with Crippen LogP contribution in [0.25, 0.3) is 10.6 Å². The van der Waals surface area contributed by atoms with Gasteiger partial charge in [-0.2, -0.15) is 0 Å². The number of carbonyl (C=O) groups excluding carboxylic acids is 1. The Morgan fingerprint density at radius 2 is 2.07 bits per heavy atom. The van der Waals surface area contributed by atoms with Crippen molar-refractivity contribution >= 4 is 33.2 Å². The highest BCUT2D eigenvalue weighted by molar-refractivity contribution is 9.10. The van der Waals surface area contributed by atoms with Crippen molar-refractivity contribution in [2.24, 2.45) is 5.92 Å². The Labute approximate surface area is 174 Å². The van der Waals surface area contributed by atoms with E-state index in [2.05, 4.69) is 20.9 Å². The van der Waals surface area contributed by atoms with Crippen molar-refractivity contribution < 1.29 is 18.7 Å². The number of methoxy groups -OCH3 is 1. The molecule has 2 aromatic carbocycles. The summed E-state index contributed by atoms with van der Waals surface area (Å²) < 4.78 is 24.8. The van der Waals surface area contributed by atoms with E-state index >= 15 is 0 Å². The van der Waals surface area contributed by atoms with Crippen LogP contribution in [0.2, 0.25) is 0 Å². The monoisotopic (exact) mass is 461 g/mol. The maximum atomic E-state index is 13.0. The van der Waals surface area contributed by atoms with Gasteiger partial charge in [-0.15, -0.1) is 11.3 Å². The molecular formula is C21H17BrFNO3S. The summed E-state index contributed by atoms with van der Waals surface area (Å²) in [6.45, 7) is 0.137. The zero-order chi connectivity index (χ0) is 19.7. The van der Waals surface area contributed by atoms with Crippen LogP contribution in [0.4, 0.5) is 4.39 Å². The molecule has 1 fully saturated rings. The van der Waals surface area contributed by atoms with Gasteiger partial charge in [-0.25, -0.2) is 9.37 Å². The molecule has 1 aromatic heterocycles. The van der Waals surface area contributed by atoms with Gasteiger partial charge in [0.2, 0.25) is 0 Å². The zero-order valence-electron chi connectivity index (χ0n) is 15.0. The Morgan fingerprint density at radius 3 is 2.82 bits per heavy atom. The Bertz CT molecular complexity index is 1010. The molecule has 1 heterocycles. The third kappa shape index (κ3) is 4.10. The number of ether oxygens (including phenoxy) is 2. The van der Waals surface area contributed by atoms with Crippen LogP contribution in [0, 0.1) is 11.7 Å². The van der Waals surface area contributed by atoms with Gasteiger partial charge in [0.15, 0.2) is 0 Å². The van der Waals surface area contributed by atoms with Crippen LogP contribution in [0.1, 0.15) is 23.6 Å². The number of esters is 1. The van der Waals surface area contributed by atoms with E-state index in [9.17, 15) is 9.18 Å². The number of rotatable bonds is 6. The number of benzene rings is 2. The molecule has 2 atom stereocenters. The quantitative estimate of drug-likeness (QED) is 0.450. The topological polar surface area (TPSA) is 48.4 Å². The van der Waals surface area contributed by atoms with Crippen LogP contribution in [-0.4, -0.2) is 18.1 Å². The van der Waals surface area contributed by atoms with Crippen molar-refractivity contribution in [1.29, 1.82) is 0 Å². The molecule has 28 heavy (non-hydrogen) atoms. The van der Waals surface area contributed by atoms with E-state index in [1.807, 2.05) is 23.6 Å². The normalized spacial score (nSPS) is 18.0. The zero-order valence-corrected chi connectivity index (χ0v) is 17.4. The lowest BCUT2D eigenvalue weighted by atomic mass is 10.1. The minimum atomic E-state index is -0.273. The van der Waals surface area contributed by atoms with Crippen molar-refractivity contribution in [2.75, 3.05) is 7.11 Å². The lowest BCUT2D eigenvalue weighted by molar-refractivity contribution is -0.146. The number of hydrogen-bond donors (Lipinski definition) is 0. The molecule has 1 aliphatic rings. The van der Waals surface area contributed by atoms with Gasteiger partial charge in [0, 0.05) is 9.85 Å². The third-order valence-electron chi connectivity index (χ3n) is 4.70. The maximum Gasteiger partial charge on any atom is 0.309 e. The molecule has 2 unspecified atom stereocenters. The Balaban J connectivity index is 1.37. The van der Waals surface area contributed by atoms with E-state index in [1.165, 1.54) is 23.5 Å². The van der Waals surface area contributed by atoms with Gasteiger partial charge in [-0.3, -0.25) is 4.79 Å². The van der Waals surface area contributed by atoms with Crippen molar-refractivity contribution in [3.63, 3.8) is 0 Å². The molecule has 0 amide bonds. The van der Waals surface area contributed by atoms with Crippen LogP contribution < -0.4 is 4.74 Å². The van der Waals surface area contributed by atoms with Crippen LogP contribution >= 0.6 is 27.3 Å². The molecular weight excluding hydrogens is 445 g/mol. The third-order valence-corrected chi connectivity index (χ3v) is 6.11. The first-order chi connectivity index (χ1) is 13.5. The average molecular weight is 462 g/mol. The van der Waals surface area contributed by atoms with Gasteiger partial charge in [0.05, 0.1) is 24.3 Å². The fourth-order valence-corrected chi connectivity index (χ4v) is 4.32. The predicted molar refractivity (Wildman–Crippen MR) is 109 cm³/mol. The number of thiazole rings is 1. The van der Waals surface area contributed by atoms with Crippen LogP contribution in [0.5, 0.6) is 5.75 Å². The lowest BCUT2D eigenvalue weighted by Crippen LogP contribution is -2.08. The van der Waals surface area contributed by atoms with Crippen molar-refractivity contribution in [3.8, 4) is 16.3 Å². The van der Waals surface area contributed by atoms with E-state index in [0.29, 0.717) is 5.69 Å². The molecule has 0 saturated heterocycles. The fourth-order valence-electron chi connectivity index (χ4n) is 3.13. The van der Waals surface area contributed by atoms with E-state index in [0.717, 1.165) is 32.8 Å². The summed E-state index contributed by atoms with van der Waals surface area (Å²) in [5.74, 6) is 0.189. The van der Waals surface area contributed by atoms with Gasteiger partial charge in [-0.05, 0) is 48.2 Å². The first-order valence-electron chi connectivity index (χ1n) is 8.75. The molecule has 144 valence electrons. The number of nitrogens with zero attached hydrogens (tertiary/aromatic N) is 1. The molecule has 0 aliphatic heterocycles. The molecule has 1 saturated carbocycles. The summed E-state index contributed by atoms with van der Waals surface area (Å²) in [5, 5.41) is 2.69. The summed E-state index contributed by atoms with van der Waals surface area (Å²) in [4.78, 5) is 16.9. The SMILES string of the molecule is COc1ccc(Br)cc1-c1nc(COC(=O)C2CC2c2ccc(F)cc2)cs1. The second kappa shape index (κ2) is 8.01. The highest BCUT2D eigenvalue weighted by Gasteiger charge is 2.45. The molecule has 0 bridgehead atoms. The molecule has 0 N–H and O–H groups in total. The molecule has 3 aromatic rings. The number of carbonyl (C=O) groups is 1. The maximum absolute atomic E-state index is 13.0. The summed E-state index contributed by atoms with van der Waals surface area (Å²) >= 11 is 4.94. The fraction of sp³-hybridized carbons (Fsp3) is 0.238. The van der Waals surface area contributed by atoms with Gasteiger partial charge in [-0.1, -0.05) is 28.1 Å². The van der Waals surface area contributed by atoms with Crippen molar-refractivity contribution in [3.05, 3.63) is 69.4 Å². The Hall–Kier alpha value is -2.25. The van der Waals surface area contributed by atoms with Gasteiger partial charge in [0.1, 0.15) is 23.2 Å². The van der Waals surface area contributed by atoms with Gasteiger partial charge in [0.25, 0.3) is 0 Å². The summed E-state index contributed by atoms with van der Waals surface area (Å²) in [7, 11) is 1.62. The second-order valence-electron chi connectivity index (χ2n) is 6.60. The summed E-state index contributed by atoms with van der Waals surface area (Å²) in [5.41, 5.74) is 2.56. The second-order valence-corrected chi connectivity index (χ2v) is 8.37. The van der Waals surface area contributed by atoms with Gasteiger partial charge < -0.3 is 9.47 Å². The minimum absolute atomic E-state index is 0.116. The number of aromatic nitrogens is 1. The lowest BCUT2D eigenvalue weighted by Gasteiger charge is -2.06. The van der Waals surface area contributed by atoms with Crippen molar-refractivity contribution in [1.82, 2.24) is 4.98 Å². The molecule has 7 heteroatoms. The van der Waals surface area contributed by atoms with E-state index in [1.54, 1.807) is 19.2 Å². The molecule has 4 rings (SSSR count). The van der Waals surface area contributed by atoms with Gasteiger partial charge >= 0.3 is 5.97 Å². The Kier molecular flexibility index (Phi) is 5.46. The standard InChI is InChI=1S/C21H17BrFNO3S/c1-26-19-7-4-13(22)8-18(19)20-24-15(11-28-20)10-27-21(25)17-9-16(17)12-2-5-14(23)6-3-12/h2-8,11,16-17H,9-10H2,1H3. The minimum Gasteiger partial charge on any atom is -0.496 e. The largest absolute Gasteiger partial charge is 0.496 e. The smallest absolute Gasteiger partial charge is 0.309 e. The molecule has 0 radical (unpaired) electrons. The van der Waals surface area contributed by atoms with Crippen LogP contribution in [0.3, 0.4) is 0 Å². The molecule has 1 aliphatic carbocycles. The predicted octanol–water partition coefficient (Wildman–Crippen LogP) is 5.57. The average Bonchev–Trinajstić information content (AvgIpc) is 3.36.